The number of carbonyl (C=O) groups excluding carboxylic acids is 1. The highest BCUT2D eigenvalue weighted by Crippen LogP contribution is 2.19. The topological polar surface area (TPSA) is 35.6 Å². The predicted octanol–water partition coefficient (Wildman–Crippen LogP) is 3.20. The molecule has 2 aliphatic rings. The van der Waals surface area contributed by atoms with E-state index in [1.165, 1.54) is 31.2 Å². The van der Waals surface area contributed by atoms with E-state index >= 15 is 0 Å². The number of piperazine rings is 1. The van der Waals surface area contributed by atoms with Gasteiger partial charge in [-0.1, -0.05) is 42.0 Å². The van der Waals surface area contributed by atoms with E-state index in [9.17, 15) is 4.79 Å². The van der Waals surface area contributed by atoms with Crippen LogP contribution in [0.5, 0.6) is 0 Å². The first-order valence-electron chi connectivity index (χ1n) is 10.2. The van der Waals surface area contributed by atoms with Crippen molar-refractivity contribution in [3.8, 4) is 0 Å². The van der Waals surface area contributed by atoms with Crippen LogP contribution in [0.1, 0.15) is 44.1 Å². The molecular weight excluding hydrogens is 322 g/mol. The molecular formula is C22H33N3O. The molecule has 142 valence electrons. The Bertz CT molecular complexity index is 576. The van der Waals surface area contributed by atoms with E-state index in [-0.39, 0.29) is 0 Å². The number of rotatable bonds is 8. The summed E-state index contributed by atoms with van der Waals surface area (Å²) in [4.78, 5) is 16.9. The van der Waals surface area contributed by atoms with Crippen molar-refractivity contribution in [3.05, 3.63) is 47.5 Å². The van der Waals surface area contributed by atoms with Crippen LogP contribution in [-0.2, 0) is 11.3 Å². The van der Waals surface area contributed by atoms with Gasteiger partial charge in [0.2, 0.25) is 5.91 Å². The maximum atomic E-state index is 12.4. The Morgan fingerprint density at radius 3 is 2.54 bits per heavy atom. The van der Waals surface area contributed by atoms with Crippen LogP contribution >= 0.6 is 0 Å². The van der Waals surface area contributed by atoms with Gasteiger partial charge in [-0.2, -0.15) is 0 Å². The van der Waals surface area contributed by atoms with Crippen LogP contribution in [0.3, 0.4) is 0 Å². The summed E-state index contributed by atoms with van der Waals surface area (Å²) < 4.78 is 0. The van der Waals surface area contributed by atoms with Crippen molar-refractivity contribution < 1.29 is 4.79 Å². The van der Waals surface area contributed by atoms with E-state index in [1.54, 1.807) is 5.57 Å². The molecule has 1 aliphatic carbocycles. The van der Waals surface area contributed by atoms with Crippen LogP contribution in [-0.4, -0.2) is 55.0 Å². The third-order valence-electron chi connectivity index (χ3n) is 5.50. The van der Waals surface area contributed by atoms with Gasteiger partial charge in [-0.15, -0.1) is 0 Å². The number of benzene rings is 1. The Morgan fingerprint density at radius 1 is 1.00 bits per heavy atom. The van der Waals surface area contributed by atoms with Crippen molar-refractivity contribution >= 4 is 5.91 Å². The Morgan fingerprint density at radius 2 is 1.81 bits per heavy atom. The van der Waals surface area contributed by atoms with E-state index in [0.29, 0.717) is 12.3 Å². The van der Waals surface area contributed by atoms with Crippen LogP contribution in [0, 0.1) is 0 Å². The lowest BCUT2D eigenvalue weighted by atomic mass is 9.97. The van der Waals surface area contributed by atoms with E-state index in [1.807, 2.05) is 4.90 Å². The molecule has 1 N–H and O–H groups in total. The van der Waals surface area contributed by atoms with Crippen LogP contribution in [0.2, 0.25) is 0 Å². The molecule has 0 unspecified atom stereocenters. The number of nitrogens with zero attached hydrogens (tertiary/aromatic N) is 2. The van der Waals surface area contributed by atoms with Crippen molar-refractivity contribution in [3.63, 3.8) is 0 Å². The lowest BCUT2D eigenvalue weighted by Crippen LogP contribution is -2.48. The molecule has 0 bridgehead atoms. The van der Waals surface area contributed by atoms with E-state index in [2.05, 4.69) is 46.6 Å². The number of amides is 1. The second kappa shape index (κ2) is 10.5. The first kappa shape index (κ1) is 19.1. The lowest BCUT2D eigenvalue weighted by molar-refractivity contribution is -0.132. The molecule has 0 saturated carbocycles. The van der Waals surface area contributed by atoms with Crippen LogP contribution in [0.15, 0.2) is 42.0 Å². The number of allylic oxidation sites excluding steroid dienone is 1. The average molecular weight is 356 g/mol. The quantitative estimate of drug-likeness (QED) is 0.575. The summed E-state index contributed by atoms with van der Waals surface area (Å²) in [5.41, 5.74) is 2.95. The maximum absolute atomic E-state index is 12.4. The van der Waals surface area contributed by atoms with Crippen LogP contribution < -0.4 is 5.32 Å². The summed E-state index contributed by atoms with van der Waals surface area (Å²) in [7, 11) is 0. The minimum Gasteiger partial charge on any atom is -0.340 e. The third kappa shape index (κ3) is 6.26. The van der Waals surface area contributed by atoms with Gasteiger partial charge in [0.25, 0.3) is 0 Å². The monoisotopic (exact) mass is 355 g/mol. The molecule has 1 aliphatic heterocycles. The highest BCUT2D eigenvalue weighted by atomic mass is 16.2. The summed E-state index contributed by atoms with van der Waals surface area (Å²) >= 11 is 0. The fourth-order valence-corrected chi connectivity index (χ4v) is 3.86. The van der Waals surface area contributed by atoms with Crippen molar-refractivity contribution in [2.45, 2.75) is 45.1 Å². The number of hydrogen-bond donors (Lipinski definition) is 1. The predicted molar refractivity (Wildman–Crippen MR) is 107 cm³/mol. The molecule has 1 amide bonds. The zero-order chi connectivity index (χ0) is 18.0. The standard InChI is InChI=1S/C22H33N3O/c26-22(12-14-23-13-11-20-7-3-1-4-8-20)25-17-15-24(16-18-25)19-21-9-5-2-6-10-21/h2,5-7,9-10,23H,1,3-4,8,11-19H2. The van der Waals surface area contributed by atoms with Crippen molar-refractivity contribution in [1.82, 2.24) is 15.1 Å². The van der Waals surface area contributed by atoms with Gasteiger partial charge in [0, 0.05) is 45.7 Å². The van der Waals surface area contributed by atoms with Gasteiger partial charge < -0.3 is 10.2 Å². The molecule has 1 fully saturated rings. The van der Waals surface area contributed by atoms with Crippen LogP contribution in [0.25, 0.3) is 0 Å². The zero-order valence-electron chi connectivity index (χ0n) is 16.0. The maximum Gasteiger partial charge on any atom is 0.223 e. The summed E-state index contributed by atoms with van der Waals surface area (Å²) in [6.07, 6.45) is 9.40. The molecule has 0 atom stereocenters. The van der Waals surface area contributed by atoms with Gasteiger partial charge in [0.15, 0.2) is 0 Å². The Balaban J connectivity index is 1.27. The minimum absolute atomic E-state index is 0.300. The Labute approximate surface area is 158 Å². The first-order chi connectivity index (χ1) is 12.8. The number of hydrogen-bond acceptors (Lipinski definition) is 3. The van der Waals surface area contributed by atoms with Gasteiger partial charge in [0.05, 0.1) is 0 Å². The molecule has 3 rings (SSSR count). The second-order valence-corrected chi connectivity index (χ2v) is 7.50. The van der Waals surface area contributed by atoms with Gasteiger partial charge >= 0.3 is 0 Å². The van der Waals surface area contributed by atoms with Gasteiger partial charge in [-0.05, 0) is 44.2 Å². The third-order valence-corrected chi connectivity index (χ3v) is 5.50. The number of carbonyl (C=O) groups is 1. The molecule has 1 heterocycles. The molecule has 0 aromatic heterocycles. The van der Waals surface area contributed by atoms with E-state index < -0.39 is 0 Å². The highest BCUT2D eigenvalue weighted by Gasteiger charge is 2.20. The van der Waals surface area contributed by atoms with Crippen LogP contribution in [0.4, 0.5) is 0 Å². The molecule has 4 heteroatoms. The molecule has 4 nitrogen and oxygen atoms in total. The molecule has 1 saturated heterocycles. The molecule has 1 aromatic rings. The fourth-order valence-electron chi connectivity index (χ4n) is 3.86. The highest BCUT2D eigenvalue weighted by molar-refractivity contribution is 5.76. The Kier molecular flexibility index (Phi) is 7.71. The smallest absolute Gasteiger partial charge is 0.223 e. The van der Waals surface area contributed by atoms with Gasteiger partial charge in [0.1, 0.15) is 0 Å². The summed E-state index contributed by atoms with van der Waals surface area (Å²) in [5, 5.41) is 3.45. The second-order valence-electron chi connectivity index (χ2n) is 7.50. The minimum atomic E-state index is 0.300. The largest absolute Gasteiger partial charge is 0.340 e. The lowest BCUT2D eigenvalue weighted by Gasteiger charge is -2.34. The summed E-state index contributed by atoms with van der Waals surface area (Å²) in [5.74, 6) is 0.300. The summed E-state index contributed by atoms with van der Waals surface area (Å²) in [6, 6.07) is 10.6. The SMILES string of the molecule is O=C(CCNCCC1=CCCCC1)N1CCN(Cc2ccccc2)CC1. The number of nitrogens with one attached hydrogen (secondary N) is 1. The molecule has 26 heavy (non-hydrogen) atoms. The normalized spacial score (nSPS) is 18.6. The van der Waals surface area contributed by atoms with E-state index in [0.717, 1.165) is 52.2 Å². The van der Waals surface area contributed by atoms with Gasteiger partial charge in [-0.25, -0.2) is 0 Å². The molecule has 0 radical (unpaired) electrons. The zero-order valence-corrected chi connectivity index (χ0v) is 16.0. The van der Waals surface area contributed by atoms with E-state index in [4.69, 9.17) is 0 Å². The summed E-state index contributed by atoms with van der Waals surface area (Å²) in [6.45, 7) is 6.46. The molecule has 0 spiro atoms. The first-order valence-corrected chi connectivity index (χ1v) is 10.2. The fraction of sp³-hybridized carbons (Fsp3) is 0.591. The van der Waals surface area contributed by atoms with Gasteiger partial charge in [-0.3, -0.25) is 9.69 Å². The Hall–Kier alpha value is -1.65. The van der Waals surface area contributed by atoms with Crippen molar-refractivity contribution in [1.29, 1.82) is 0 Å². The van der Waals surface area contributed by atoms with Crippen molar-refractivity contribution in [2.75, 3.05) is 39.3 Å². The molecule has 1 aromatic carbocycles. The average Bonchev–Trinajstić information content (AvgIpc) is 2.70. The van der Waals surface area contributed by atoms with Crippen molar-refractivity contribution in [2.24, 2.45) is 0 Å².